The van der Waals surface area contributed by atoms with Crippen molar-refractivity contribution in [3.63, 3.8) is 0 Å². The normalized spacial score (nSPS) is 15.9. The number of ether oxygens (including phenoxy) is 1. The molecular weight excluding hydrogens is 368 g/mol. The van der Waals surface area contributed by atoms with Gasteiger partial charge in [0.25, 0.3) is 0 Å². The van der Waals surface area contributed by atoms with Crippen LogP contribution in [0.1, 0.15) is 22.2 Å². The SMILES string of the molecule is COC(=O)c1ccc(CN2CCN(Cc3nc(-c4cccs4)no3)CC2)o1. The second-order valence-electron chi connectivity index (χ2n) is 6.30. The molecule has 0 bridgehead atoms. The zero-order valence-corrected chi connectivity index (χ0v) is 15.8. The van der Waals surface area contributed by atoms with Crippen LogP contribution in [0.25, 0.3) is 10.7 Å². The van der Waals surface area contributed by atoms with Crippen molar-refractivity contribution in [1.82, 2.24) is 19.9 Å². The Kier molecular flexibility index (Phi) is 5.33. The minimum Gasteiger partial charge on any atom is -0.463 e. The molecule has 3 aromatic heterocycles. The number of aromatic nitrogens is 2. The zero-order chi connectivity index (χ0) is 18.6. The molecule has 4 heterocycles. The third-order valence-electron chi connectivity index (χ3n) is 4.46. The number of piperazine rings is 1. The maximum Gasteiger partial charge on any atom is 0.373 e. The molecule has 0 spiro atoms. The largest absolute Gasteiger partial charge is 0.463 e. The van der Waals surface area contributed by atoms with Crippen molar-refractivity contribution in [2.45, 2.75) is 13.1 Å². The Morgan fingerprint density at radius 3 is 2.67 bits per heavy atom. The van der Waals surface area contributed by atoms with Crippen molar-refractivity contribution in [2.24, 2.45) is 0 Å². The monoisotopic (exact) mass is 388 g/mol. The molecule has 0 atom stereocenters. The molecule has 0 aromatic carbocycles. The number of carbonyl (C=O) groups is 1. The van der Waals surface area contributed by atoms with Gasteiger partial charge in [-0.25, -0.2) is 4.79 Å². The van der Waals surface area contributed by atoms with E-state index >= 15 is 0 Å². The van der Waals surface area contributed by atoms with Crippen LogP contribution in [0.15, 0.2) is 38.6 Å². The molecular formula is C18H20N4O4S. The van der Waals surface area contributed by atoms with Gasteiger partial charge in [-0.1, -0.05) is 11.2 Å². The van der Waals surface area contributed by atoms with Crippen LogP contribution >= 0.6 is 11.3 Å². The predicted molar refractivity (Wildman–Crippen MR) is 98.2 cm³/mol. The summed E-state index contributed by atoms with van der Waals surface area (Å²) >= 11 is 1.60. The van der Waals surface area contributed by atoms with Crippen LogP contribution in [0.2, 0.25) is 0 Å². The summed E-state index contributed by atoms with van der Waals surface area (Å²) in [5.41, 5.74) is 0. The maximum atomic E-state index is 11.5. The van der Waals surface area contributed by atoms with Gasteiger partial charge in [0, 0.05) is 26.2 Å². The van der Waals surface area contributed by atoms with E-state index in [4.69, 9.17) is 8.94 Å². The molecule has 0 aliphatic carbocycles. The fourth-order valence-electron chi connectivity index (χ4n) is 3.02. The van der Waals surface area contributed by atoms with Gasteiger partial charge < -0.3 is 13.7 Å². The number of thiophene rings is 1. The Hall–Kier alpha value is -2.49. The van der Waals surface area contributed by atoms with E-state index in [1.807, 2.05) is 23.6 Å². The highest BCUT2D eigenvalue weighted by atomic mass is 32.1. The minimum absolute atomic E-state index is 0.240. The average Bonchev–Trinajstić information content (AvgIpc) is 3.44. The summed E-state index contributed by atoms with van der Waals surface area (Å²) < 4.78 is 15.6. The lowest BCUT2D eigenvalue weighted by Gasteiger charge is -2.33. The summed E-state index contributed by atoms with van der Waals surface area (Å²) in [6.45, 7) is 4.94. The van der Waals surface area contributed by atoms with E-state index < -0.39 is 5.97 Å². The molecule has 4 rings (SSSR count). The van der Waals surface area contributed by atoms with Gasteiger partial charge in [-0.05, 0) is 23.6 Å². The molecule has 9 heteroatoms. The van der Waals surface area contributed by atoms with Crippen molar-refractivity contribution in [1.29, 1.82) is 0 Å². The van der Waals surface area contributed by atoms with Gasteiger partial charge in [-0.3, -0.25) is 9.80 Å². The molecule has 0 N–H and O–H groups in total. The number of rotatable bonds is 6. The summed E-state index contributed by atoms with van der Waals surface area (Å²) in [4.78, 5) is 21.5. The van der Waals surface area contributed by atoms with Crippen LogP contribution in [-0.4, -0.2) is 59.2 Å². The highest BCUT2D eigenvalue weighted by molar-refractivity contribution is 7.13. The molecule has 1 fully saturated rings. The van der Waals surface area contributed by atoms with Gasteiger partial charge in [0.15, 0.2) is 0 Å². The molecule has 1 saturated heterocycles. The Labute approximate surface area is 160 Å². The van der Waals surface area contributed by atoms with E-state index in [0.717, 1.165) is 36.8 Å². The van der Waals surface area contributed by atoms with Gasteiger partial charge >= 0.3 is 5.97 Å². The van der Waals surface area contributed by atoms with Crippen molar-refractivity contribution in [3.05, 3.63) is 47.1 Å². The number of nitrogens with zero attached hydrogens (tertiary/aromatic N) is 4. The summed E-state index contributed by atoms with van der Waals surface area (Å²) in [7, 11) is 1.34. The summed E-state index contributed by atoms with van der Waals surface area (Å²) in [6.07, 6.45) is 0. The van der Waals surface area contributed by atoms with E-state index in [9.17, 15) is 4.79 Å². The number of carbonyl (C=O) groups excluding carboxylic acids is 1. The molecule has 0 amide bonds. The van der Waals surface area contributed by atoms with Crippen LogP contribution < -0.4 is 0 Å². The van der Waals surface area contributed by atoms with Gasteiger partial charge in [0.05, 0.1) is 25.1 Å². The molecule has 27 heavy (non-hydrogen) atoms. The second kappa shape index (κ2) is 8.03. The quantitative estimate of drug-likeness (QED) is 0.596. The van der Waals surface area contributed by atoms with E-state index in [0.29, 0.717) is 24.8 Å². The van der Waals surface area contributed by atoms with Crippen molar-refractivity contribution in [3.8, 4) is 10.7 Å². The second-order valence-corrected chi connectivity index (χ2v) is 7.25. The first-order chi connectivity index (χ1) is 13.2. The minimum atomic E-state index is -0.451. The van der Waals surface area contributed by atoms with E-state index in [-0.39, 0.29) is 5.76 Å². The smallest absolute Gasteiger partial charge is 0.373 e. The molecule has 0 radical (unpaired) electrons. The van der Waals surface area contributed by atoms with Gasteiger partial charge in [0.2, 0.25) is 17.5 Å². The summed E-state index contributed by atoms with van der Waals surface area (Å²) in [5.74, 6) is 1.84. The number of methoxy groups -OCH3 is 1. The number of furan rings is 1. The van der Waals surface area contributed by atoms with E-state index in [2.05, 4.69) is 24.7 Å². The Balaban J connectivity index is 1.27. The molecule has 1 aliphatic heterocycles. The molecule has 0 saturated carbocycles. The molecule has 0 unspecified atom stereocenters. The van der Waals surface area contributed by atoms with Gasteiger partial charge in [0.1, 0.15) is 5.76 Å². The first kappa shape index (κ1) is 17.9. The van der Waals surface area contributed by atoms with Crippen LogP contribution in [-0.2, 0) is 17.8 Å². The molecule has 1 aliphatic rings. The predicted octanol–water partition coefficient (Wildman–Crippen LogP) is 2.50. The highest BCUT2D eigenvalue weighted by Crippen LogP contribution is 2.22. The van der Waals surface area contributed by atoms with Crippen LogP contribution in [0.4, 0.5) is 0 Å². The van der Waals surface area contributed by atoms with Crippen LogP contribution in [0.3, 0.4) is 0 Å². The Morgan fingerprint density at radius 2 is 1.96 bits per heavy atom. The van der Waals surface area contributed by atoms with Crippen molar-refractivity contribution >= 4 is 17.3 Å². The fourth-order valence-corrected chi connectivity index (χ4v) is 3.66. The first-order valence-electron chi connectivity index (χ1n) is 8.69. The van der Waals surface area contributed by atoms with Crippen LogP contribution in [0, 0.1) is 0 Å². The lowest BCUT2D eigenvalue weighted by molar-refractivity contribution is 0.0558. The molecule has 142 valence electrons. The third kappa shape index (κ3) is 4.26. The maximum absolute atomic E-state index is 11.5. The van der Waals surface area contributed by atoms with Crippen molar-refractivity contribution in [2.75, 3.05) is 33.3 Å². The molecule has 8 nitrogen and oxygen atoms in total. The lowest BCUT2D eigenvalue weighted by Crippen LogP contribution is -2.45. The average molecular weight is 388 g/mol. The van der Waals surface area contributed by atoms with Gasteiger partial charge in [-0.15, -0.1) is 11.3 Å². The summed E-state index contributed by atoms with van der Waals surface area (Å²) in [5, 5.41) is 6.05. The number of esters is 1. The lowest BCUT2D eigenvalue weighted by atomic mass is 10.3. The summed E-state index contributed by atoms with van der Waals surface area (Å²) in [6, 6.07) is 7.43. The topological polar surface area (TPSA) is 84.8 Å². The van der Waals surface area contributed by atoms with E-state index in [1.165, 1.54) is 7.11 Å². The third-order valence-corrected chi connectivity index (χ3v) is 5.33. The Morgan fingerprint density at radius 1 is 1.19 bits per heavy atom. The number of hydrogen-bond acceptors (Lipinski definition) is 9. The van der Waals surface area contributed by atoms with Crippen molar-refractivity contribution < 1.29 is 18.5 Å². The first-order valence-corrected chi connectivity index (χ1v) is 9.57. The zero-order valence-electron chi connectivity index (χ0n) is 15.0. The van der Waals surface area contributed by atoms with E-state index in [1.54, 1.807) is 17.4 Å². The fraction of sp³-hybridized carbons (Fsp3) is 0.389. The standard InChI is InChI=1S/C18H20N4O4S/c1-24-18(23)14-5-4-13(25-14)11-21-6-8-22(9-7-21)12-16-19-17(20-26-16)15-3-2-10-27-15/h2-5,10H,6-9,11-12H2,1H3. The Bertz CT molecular complexity index is 881. The molecule has 3 aromatic rings. The number of hydrogen-bond donors (Lipinski definition) is 0. The van der Waals surface area contributed by atoms with Gasteiger partial charge in [-0.2, -0.15) is 4.98 Å². The highest BCUT2D eigenvalue weighted by Gasteiger charge is 2.21. The van der Waals surface area contributed by atoms with Crippen LogP contribution in [0.5, 0.6) is 0 Å².